The fourth-order valence-electron chi connectivity index (χ4n) is 1.74. The number of amides is 1. The maximum absolute atomic E-state index is 12.0. The van der Waals surface area contributed by atoms with Gasteiger partial charge in [-0.1, -0.05) is 0 Å². The summed E-state index contributed by atoms with van der Waals surface area (Å²) in [5, 5.41) is 2.69. The van der Waals surface area contributed by atoms with Crippen molar-refractivity contribution in [2.24, 2.45) is 0 Å². The Bertz CT molecular complexity index is 746. The number of hydrogen-bond donors (Lipinski definition) is 1. The Hall–Kier alpha value is -2.12. The maximum Gasteiger partial charge on any atom is 0.259 e. The van der Waals surface area contributed by atoms with Crippen molar-refractivity contribution in [2.75, 3.05) is 19.4 Å². The summed E-state index contributed by atoms with van der Waals surface area (Å²) < 4.78 is 30.0. The Kier molecular flexibility index (Phi) is 4.15. The van der Waals surface area contributed by atoms with Gasteiger partial charge in [-0.15, -0.1) is 0 Å². The van der Waals surface area contributed by atoms with E-state index in [9.17, 15) is 13.2 Å². The summed E-state index contributed by atoms with van der Waals surface area (Å²) in [6.07, 6.45) is 1.44. The summed E-state index contributed by atoms with van der Waals surface area (Å²) in [7, 11) is -0.536. The Labute approximate surface area is 123 Å². The highest BCUT2D eigenvalue weighted by Crippen LogP contribution is 2.18. The molecule has 1 heterocycles. The summed E-state index contributed by atoms with van der Waals surface area (Å²) in [4.78, 5) is 12.2. The topological polar surface area (TPSA) is 79.6 Å². The number of hydrogen-bond acceptors (Lipinski definition) is 4. The first-order chi connectivity index (χ1) is 9.82. The third-order valence-electron chi connectivity index (χ3n) is 2.99. The zero-order valence-corrected chi connectivity index (χ0v) is 12.8. The monoisotopic (exact) mass is 308 g/mol. The molecule has 112 valence electrons. The van der Waals surface area contributed by atoms with E-state index in [1.165, 1.54) is 32.5 Å². The molecule has 0 unspecified atom stereocenters. The Morgan fingerprint density at radius 3 is 2.24 bits per heavy atom. The third kappa shape index (κ3) is 3.14. The molecule has 7 heteroatoms. The second-order valence-electron chi connectivity index (χ2n) is 4.66. The van der Waals surface area contributed by atoms with Crippen LogP contribution >= 0.6 is 0 Å². The Balaban J connectivity index is 2.17. The number of carbonyl (C=O) groups is 1. The molecule has 0 fully saturated rings. The van der Waals surface area contributed by atoms with Crippen LogP contribution in [-0.2, 0) is 10.0 Å². The highest BCUT2D eigenvalue weighted by Gasteiger charge is 2.17. The molecule has 2 rings (SSSR count). The average Bonchev–Trinajstić information content (AvgIpc) is 2.85. The Morgan fingerprint density at radius 2 is 1.76 bits per heavy atom. The van der Waals surface area contributed by atoms with Gasteiger partial charge in [-0.2, -0.15) is 0 Å². The zero-order valence-electron chi connectivity index (χ0n) is 12.0. The van der Waals surface area contributed by atoms with Crippen LogP contribution in [0.4, 0.5) is 5.69 Å². The fourth-order valence-corrected chi connectivity index (χ4v) is 2.64. The van der Waals surface area contributed by atoms with Crippen LogP contribution in [0.1, 0.15) is 16.1 Å². The largest absolute Gasteiger partial charge is 0.469 e. The lowest BCUT2D eigenvalue weighted by atomic mass is 10.2. The van der Waals surface area contributed by atoms with Crippen LogP contribution in [0.15, 0.2) is 45.9 Å². The summed E-state index contributed by atoms with van der Waals surface area (Å²) in [6, 6.07) is 7.57. The van der Waals surface area contributed by atoms with E-state index < -0.39 is 10.0 Å². The van der Waals surface area contributed by atoms with Gasteiger partial charge in [0.2, 0.25) is 10.0 Å². The van der Waals surface area contributed by atoms with Crippen molar-refractivity contribution >= 4 is 21.6 Å². The van der Waals surface area contributed by atoms with Crippen LogP contribution < -0.4 is 5.32 Å². The Morgan fingerprint density at radius 1 is 1.14 bits per heavy atom. The van der Waals surface area contributed by atoms with Crippen LogP contribution in [-0.4, -0.2) is 32.7 Å². The number of anilines is 1. The predicted octanol–water partition coefficient (Wildman–Crippen LogP) is 2.09. The van der Waals surface area contributed by atoms with E-state index >= 15 is 0 Å². The number of carbonyl (C=O) groups excluding carboxylic acids is 1. The van der Waals surface area contributed by atoms with Gasteiger partial charge in [-0.05, 0) is 37.3 Å². The second-order valence-corrected chi connectivity index (χ2v) is 6.81. The molecule has 0 aliphatic carbocycles. The molecule has 6 nitrogen and oxygen atoms in total. The second kappa shape index (κ2) is 5.71. The summed E-state index contributed by atoms with van der Waals surface area (Å²) >= 11 is 0. The lowest BCUT2D eigenvalue weighted by molar-refractivity contribution is 0.102. The molecule has 0 bridgehead atoms. The molecular weight excluding hydrogens is 292 g/mol. The minimum absolute atomic E-state index is 0.171. The smallest absolute Gasteiger partial charge is 0.259 e. The predicted molar refractivity (Wildman–Crippen MR) is 78.7 cm³/mol. The van der Waals surface area contributed by atoms with Crippen LogP contribution in [0.5, 0.6) is 0 Å². The highest BCUT2D eigenvalue weighted by molar-refractivity contribution is 7.89. The van der Waals surface area contributed by atoms with Crippen LogP contribution in [0.2, 0.25) is 0 Å². The van der Waals surface area contributed by atoms with E-state index in [0.717, 1.165) is 4.31 Å². The van der Waals surface area contributed by atoms with Gasteiger partial charge in [-0.25, -0.2) is 12.7 Å². The molecule has 1 aromatic heterocycles. The standard InChI is InChI=1S/C14H16N2O4S/c1-10-13(8-9-20-10)14(17)15-11-4-6-12(7-5-11)21(18,19)16(2)3/h4-9H,1-3H3,(H,15,17). The van der Waals surface area contributed by atoms with Crippen LogP contribution in [0, 0.1) is 6.92 Å². The minimum Gasteiger partial charge on any atom is -0.469 e. The molecule has 0 atom stereocenters. The first-order valence-corrected chi connectivity index (χ1v) is 7.64. The minimum atomic E-state index is -3.47. The summed E-state index contributed by atoms with van der Waals surface area (Å²) in [5.74, 6) is 0.226. The molecule has 2 aromatic rings. The number of sulfonamides is 1. The van der Waals surface area contributed by atoms with Gasteiger partial charge in [0.05, 0.1) is 16.7 Å². The number of furan rings is 1. The quantitative estimate of drug-likeness (QED) is 0.938. The number of rotatable bonds is 4. The van der Waals surface area contributed by atoms with Crippen LogP contribution in [0.25, 0.3) is 0 Å². The van der Waals surface area contributed by atoms with E-state index in [0.29, 0.717) is 17.0 Å². The summed E-state index contributed by atoms with van der Waals surface area (Å²) in [5.41, 5.74) is 0.957. The molecule has 0 aliphatic heterocycles. The average molecular weight is 308 g/mol. The van der Waals surface area contributed by atoms with Gasteiger partial charge in [0, 0.05) is 19.8 Å². The number of aryl methyl sites for hydroxylation is 1. The van der Waals surface area contributed by atoms with E-state index in [1.807, 2.05) is 0 Å². The lowest BCUT2D eigenvalue weighted by Crippen LogP contribution is -2.22. The highest BCUT2D eigenvalue weighted by atomic mass is 32.2. The number of benzene rings is 1. The normalized spacial score (nSPS) is 11.6. The lowest BCUT2D eigenvalue weighted by Gasteiger charge is -2.11. The molecule has 21 heavy (non-hydrogen) atoms. The summed E-state index contributed by atoms with van der Waals surface area (Å²) in [6.45, 7) is 1.70. The molecule has 0 radical (unpaired) electrons. The van der Waals surface area contributed by atoms with E-state index in [2.05, 4.69) is 5.32 Å². The molecule has 1 amide bonds. The van der Waals surface area contributed by atoms with Crippen molar-refractivity contribution in [3.05, 3.63) is 47.9 Å². The van der Waals surface area contributed by atoms with Crippen LogP contribution in [0.3, 0.4) is 0 Å². The molecule has 1 aromatic carbocycles. The molecular formula is C14H16N2O4S. The van der Waals surface area contributed by atoms with Crippen molar-refractivity contribution < 1.29 is 17.6 Å². The fraction of sp³-hybridized carbons (Fsp3) is 0.214. The van der Waals surface area contributed by atoms with Gasteiger partial charge in [0.1, 0.15) is 5.76 Å². The molecule has 1 N–H and O–H groups in total. The van der Waals surface area contributed by atoms with Gasteiger partial charge in [0.25, 0.3) is 5.91 Å². The SMILES string of the molecule is Cc1occc1C(=O)Nc1ccc(S(=O)(=O)N(C)C)cc1. The first-order valence-electron chi connectivity index (χ1n) is 6.20. The maximum atomic E-state index is 12.0. The van der Waals surface area contributed by atoms with Crippen molar-refractivity contribution in [1.82, 2.24) is 4.31 Å². The molecule has 0 saturated carbocycles. The van der Waals surface area contributed by atoms with Crippen molar-refractivity contribution in [1.29, 1.82) is 0 Å². The van der Waals surface area contributed by atoms with Crippen molar-refractivity contribution in [3.8, 4) is 0 Å². The van der Waals surface area contributed by atoms with E-state index in [1.54, 1.807) is 25.1 Å². The number of nitrogens with one attached hydrogen (secondary N) is 1. The van der Waals surface area contributed by atoms with E-state index in [4.69, 9.17) is 4.42 Å². The zero-order chi connectivity index (χ0) is 15.6. The van der Waals surface area contributed by atoms with Gasteiger partial charge in [-0.3, -0.25) is 4.79 Å². The van der Waals surface area contributed by atoms with Crippen molar-refractivity contribution in [3.63, 3.8) is 0 Å². The number of nitrogens with zero attached hydrogens (tertiary/aromatic N) is 1. The van der Waals surface area contributed by atoms with Gasteiger partial charge < -0.3 is 9.73 Å². The van der Waals surface area contributed by atoms with E-state index in [-0.39, 0.29) is 10.8 Å². The first kappa shape index (κ1) is 15.3. The van der Waals surface area contributed by atoms with Gasteiger partial charge in [0.15, 0.2) is 0 Å². The molecule has 0 spiro atoms. The molecule has 0 aliphatic rings. The third-order valence-corrected chi connectivity index (χ3v) is 4.82. The van der Waals surface area contributed by atoms with Crippen molar-refractivity contribution in [2.45, 2.75) is 11.8 Å². The van der Waals surface area contributed by atoms with Gasteiger partial charge >= 0.3 is 0 Å². The molecule has 0 saturated heterocycles.